The fourth-order valence-electron chi connectivity index (χ4n) is 3.03. The molecule has 2 atom stereocenters. The lowest BCUT2D eigenvalue weighted by Gasteiger charge is -2.39. The van der Waals surface area contributed by atoms with Gasteiger partial charge in [0.15, 0.2) is 0 Å². The molecule has 18 heavy (non-hydrogen) atoms. The summed E-state index contributed by atoms with van der Waals surface area (Å²) < 4.78 is 2.11. The van der Waals surface area contributed by atoms with E-state index in [0.717, 1.165) is 18.7 Å². The molecule has 1 fully saturated rings. The fraction of sp³-hybridized carbons (Fsp3) is 0.692. The molecular formula is C13H21N3O2. The van der Waals surface area contributed by atoms with Gasteiger partial charge in [-0.05, 0) is 39.2 Å². The number of nitrogens with one attached hydrogen (secondary N) is 1. The molecule has 100 valence electrons. The van der Waals surface area contributed by atoms with Gasteiger partial charge in [-0.1, -0.05) is 6.92 Å². The van der Waals surface area contributed by atoms with Crippen molar-refractivity contribution < 1.29 is 9.90 Å². The Labute approximate surface area is 107 Å². The number of aryl methyl sites for hydroxylation is 1. The van der Waals surface area contributed by atoms with E-state index in [1.165, 1.54) is 0 Å². The van der Waals surface area contributed by atoms with Crippen molar-refractivity contribution in [3.63, 3.8) is 0 Å². The molecule has 1 heterocycles. The average molecular weight is 251 g/mol. The van der Waals surface area contributed by atoms with Crippen molar-refractivity contribution in [2.24, 2.45) is 0 Å². The zero-order valence-corrected chi connectivity index (χ0v) is 11.0. The Kier molecular flexibility index (Phi) is 3.71. The fourth-order valence-corrected chi connectivity index (χ4v) is 3.03. The molecule has 0 bridgehead atoms. The zero-order valence-electron chi connectivity index (χ0n) is 11.0. The molecule has 2 rings (SSSR count). The lowest BCUT2D eigenvalue weighted by atomic mass is 9.78. The van der Waals surface area contributed by atoms with E-state index in [1.807, 2.05) is 20.0 Å². The average Bonchev–Trinajstić information content (AvgIpc) is 2.76. The maximum Gasteiger partial charge on any atom is 0.323 e. The summed E-state index contributed by atoms with van der Waals surface area (Å²) in [6.07, 6.45) is 7.02. The second-order valence-electron chi connectivity index (χ2n) is 5.05. The highest BCUT2D eigenvalue weighted by molar-refractivity contribution is 5.79. The number of likely N-dealkylation sites (N-methyl/N-ethyl adjacent to an activating group) is 1. The van der Waals surface area contributed by atoms with E-state index in [0.29, 0.717) is 19.4 Å². The molecule has 0 spiro atoms. The van der Waals surface area contributed by atoms with Gasteiger partial charge in [-0.25, -0.2) is 4.98 Å². The predicted octanol–water partition coefficient (Wildman–Crippen LogP) is 1.74. The Hall–Kier alpha value is -1.36. The molecule has 5 nitrogen and oxygen atoms in total. The minimum Gasteiger partial charge on any atom is -0.480 e. The Morgan fingerprint density at radius 2 is 2.50 bits per heavy atom. The van der Waals surface area contributed by atoms with E-state index in [2.05, 4.69) is 14.9 Å². The van der Waals surface area contributed by atoms with Crippen molar-refractivity contribution in [3.8, 4) is 0 Å². The van der Waals surface area contributed by atoms with Crippen LogP contribution in [0.4, 0.5) is 0 Å². The zero-order chi connectivity index (χ0) is 13.2. The molecule has 5 heteroatoms. The van der Waals surface area contributed by atoms with Crippen LogP contribution in [0.1, 0.15) is 44.5 Å². The monoisotopic (exact) mass is 251 g/mol. The second kappa shape index (κ2) is 5.10. The van der Waals surface area contributed by atoms with Crippen LogP contribution in [0, 0.1) is 6.92 Å². The van der Waals surface area contributed by atoms with Crippen molar-refractivity contribution in [2.75, 3.05) is 6.54 Å². The lowest BCUT2D eigenvalue weighted by molar-refractivity contribution is -0.147. The van der Waals surface area contributed by atoms with Crippen LogP contribution in [0.25, 0.3) is 0 Å². The van der Waals surface area contributed by atoms with Gasteiger partial charge in [-0.2, -0.15) is 0 Å². The van der Waals surface area contributed by atoms with Crippen molar-refractivity contribution >= 4 is 5.97 Å². The number of carboxylic acid groups (broad SMARTS) is 1. The van der Waals surface area contributed by atoms with Crippen LogP contribution < -0.4 is 5.32 Å². The van der Waals surface area contributed by atoms with Gasteiger partial charge in [0.25, 0.3) is 0 Å². The van der Waals surface area contributed by atoms with E-state index >= 15 is 0 Å². The van der Waals surface area contributed by atoms with Crippen LogP contribution in [-0.2, 0) is 4.79 Å². The summed E-state index contributed by atoms with van der Waals surface area (Å²) in [6, 6.07) is 0.233. The van der Waals surface area contributed by atoms with Crippen LogP contribution in [0.5, 0.6) is 0 Å². The van der Waals surface area contributed by atoms with Gasteiger partial charge in [0.05, 0.1) is 0 Å². The maximum absolute atomic E-state index is 11.6. The highest BCUT2D eigenvalue weighted by atomic mass is 16.4. The van der Waals surface area contributed by atoms with Gasteiger partial charge < -0.3 is 15.0 Å². The second-order valence-corrected chi connectivity index (χ2v) is 5.05. The van der Waals surface area contributed by atoms with Gasteiger partial charge in [0, 0.05) is 18.4 Å². The normalized spacial score (nSPS) is 28.2. The summed E-state index contributed by atoms with van der Waals surface area (Å²) in [5.41, 5.74) is -0.769. The van der Waals surface area contributed by atoms with Crippen molar-refractivity contribution in [2.45, 2.75) is 51.1 Å². The first-order chi connectivity index (χ1) is 8.59. The number of aliphatic carboxylic acids is 1. The van der Waals surface area contributed by atoms with E-state index in [1.54, 1.807) is 6.20 Å². The predicted molar refractivity (Wildman–Crippen MR) is 68.5 cm³/mol. The Bertz CT molecular complexity index is 426. The number of imidazole rings is 1. The molecule has 0 aliphatic heterocycles. The largest absolute Gasteiger partial charge is 0.480 e. The lowest BCUT2D eigenvalue weighted by Crippen LogP contribution is -2.55. The Morgan fingerprint density at radius 1 is 1.72 bits per heavy atom. The first-order valence-corrected chi connectivity index (χ1v) is 6.57. The van der Waals surface area contributed by atoms with Gasteiger partial charge in [-0.15, -0.1) is 0 Å². The van der Waals surface area contributed by atoms with E-state index < -0.39 is 11.5 Å². The number of nitrogens with zero attached hydrogens (tertiary/aromatic N) is 2. The molecule has 1 saturated carbocycles. The number of carboxylic acids is 1. The molecule has 1 aliphatic carbocycles. The molecule has 0 saturated heterocycles. The smallest absolute Gasteiger partial charge is 0.323 e. The molecule has 0 radical (unpaired) electrons. The highest BCUT2D eigenvalue weighted by Gasteiger charge is 2.42. The summed E-state index contributed by atoms with van der Waals surface area (Å²) in [7, 11) is 0. The Balaban J connectivity index is 2.21. The number of hydrogen-bond acceptors (Lipinski definition) is 3. The highest BCUT2D eigenvalue weighted by Crippen LogP contribution is 2.36. The minimum atomic E-state index is -0.769. The van der Waals surface area contributed by atoms with Crippen LogP contribution in [0.3, 0.4) is 0 Å². The van der Waals surface area contributed by atoms with Gasteiger partial charge in [0.2, 0.25) is 0 Å². The summed E-state index contributed by atoms with van der Waals surface area (Å²) >= 11 is 0. The molecular weight excluding hydrogens is 230 g/mol. The molecule has 2 unspecified atom stereocenters. The number of aromatic nitrogens is 2. The first kappa shape index (κ1) is 13.1. The standard InChI is InChI=1S/C13H21N3O2/c1-3-15-13(12(17)18)6-4-5-11(9-13)16-8-7-14-10(16)2/h7-8,11,15H,3-6,9H2,1-2H3,(H,17,18). The molecule has 1 aliphatic rings. The number of rotatable bonds is 4. The van der Waals surface area contributed by atoms with Crippen molar-refractivity contribution in [1.29, 1.82) is 0 Å². The summed E-state index contributed by atoms with van der Waals surface area (Å²) in [4.78, 5) is 15.8. The van der Waals surface area contributed by atoms with E-state index in [4.69, 9.17) is 0 Å². The third-order valence-electron chi connectivity index (χ3n) is 3.91. The molecule has 0 aromatic carbocycles. The summed E-state index contributed by atoms with van der Waals surface area (Å²) in [5.74, 6) is 0.226. The molecule has 1 aromatic heterocycles. The molecule has 0 amide bonds. The van der Waals surface area contributed by atoms with Crippen molar-refractivity contribution in [1.82, 2.24) is 14.9 Å². The topological polar surface area (TPSA) is 67.2 Å². The van der Waals surface area contributed by atoms with Gasteiger partial charge in [-0.3, -0.25) is 4.79 Å². The molecule has 1 aromatic rings. The minimum absolute atomic E-state index is 0.233. The van der Waals surface area contributed by atoms with Crippen LogP contribution in [0.2, 0.25) is 0 Å². The van der Waals surface area contributed by atoms with Crippen molar-refractivity contribution in [3.05, 3.63) is 18.2 Å². The number of hydrogen-bond donors (Lipinski definition) is 2. The van der Waals surface area contributed by atoms with Crippen LogP contribution in [0.15, 0.2) is 12.4 Å². The van der Waals surface area contributed by atoms with Gasteiger partial charge in [0.1, 0.15) is 11.4 Å². The SMILES string of the molecule is CCNC1(C(=O)O)CCCC(n2ccnc2C)C1. The molecule has 2 N–H and O–H groups in total. The van der Waals surface area contributed by atoms with Gasteiger partial charge >= 0.3 is 5.97 Å². The van der Waals surface area contributed by atoms with Crippen LogP contribution >= 0.6 is 0 Å². The third kappa shape index (κ3) is 2.27. The Morgan fingerprint density at radius 3 is 3.06 bits per heavy atom. The third-order valence-corrected chi connectivity index (χ3v) is 3.91. The number of carbonyl (C=O) groups is 1. The summed E-state index contributed by atoms with van der Waals surface area (Å²) in [5, 5.41) is 12.7. The van der Waals surface area contributed by atoms with E-state index in [9.17, 15) is 9.90 Å². The van der Waals surface area contributed by atoms with E-state index in [-0.39, 0.29) is 6.04 Å². The first-order valence-electron chi connectivity index (χ1n) is 6.57. The van der Waals surface area contributed by atoms with Crippen LogP contribution in [-0.4, -0.2) is 32.7 Å². The quantitative estimate of drug-likeness (QED) is 0.855. The maximum atomic E-state index is 11.6. The summed E-state index contributed by atoms with van der Waals surface area (Å²) in [6.45, 7) is 4.60.